The first kappa shape index (κ1) is 11.1. The van der Waals surface area contributed by atoms with Crippen LogP contribution in [0.4, 0.5) is 0 Å². The van der Waals surface area contributed by atoms with Crippen molar-refractivity contribution in [3.8, 4) is 0 Å². The van der Waals surface area contributed by atoms with Crippen molar-refractivity contribution in [2.75, 3.05) is 19.8 Å². The third kappa shape index (κ3) is 3.03. The Balaban J connectivity index is 2.03. The lowest BCUT2D eigenvalue weighted by Gasteiger charge is -2.35. The second-order valence-electron chi connectivity index (χ2n) is 4.34. The van der Waals surface area contributed by atoms with Crippen molar-refractivity contribution < 1.29 is 4.74 Å². The summed E-state index contributed by atoms with van der Waals surface area (Å²) in [6.45, 7) is 4.79. The molecular weight excluding hydrogens is 254 g/mol. The molecule has 1 heterocycles. The molecule has 82 valence electrons. The normalized spacial score (nSPS) is 26.5. The van der Waals surface area contributed by atoms with E-state index < -0.39 is 0 Å². The Hall–Kier alpha value is -0.380. The van der Waals surface area contributed by atoms with E-state index in [1.54, 1.807) is 0 Å². The summed E-state index contributed by atoms with van der Waals surface area (Å²) >= 11 is 3.44. The van der Waals surface area contributed by atoms with Gasteiger partial charge < -0.3 is 10.1 Å². The lowest BCUT2D eigenvalue weighted by atomic mass is 9.93. The van der Waals surface area contributed by atoms with E-state index >= 15 is 0 Å². The highest BCUT2D eigenvalue weighted by Gasteiger charge is 2.26. The topological polar surface area (TPSA) is 21.3 Å². The molecule has 0 saturated carbocycles. The molecule has 1 aliphatic heterocycles. The number of ether oxygens (including phenoxy) is 1. The zero-order valence-corrected chi connectivity index (χ0v) is 10.5. The van der Waals surface area contributed by atoms with Gasteiger partial charge in [-0.1, -0.05) is 28.1 Å². The summed E-state index contributed by atoms with van der Waals surface area (Å²) < 4.78 is 6.64. The van der Waals surface area contributed by atoms with E-state index in [0.29, 0.717) is 0 Å². The fourth-order valence-corrected chi connectivity index (χ4v) is 2.20. The van der Waals surface area contributed by atoms with Gasteiger partial charge in [0.1, 0.15) is 0 Å². The Labute approximate surface area is 99.1 Å². The van der Waals surface area contributed by atoms with Crippen LogP contribution in [-0.4, -0.2) is 25.3 Å². The zero-order chi connectivity index (χ0) is 10.7. The van der Waals surface area contributed by atoms with Crippen molar-refractivity contribution >= 4 is 15.9 Å². The smallest absolute Gasteiger partial charge is 0.0649 e. The second-order valence-corrected chi connectivity index (χ2v) is 5.26. The molecule has 0 aliphatic carbocycles. The number of halogens is 1. The minimum Gasteiger partial charge on any atom is -0.378 e. The molecule has 1 N–H and O–H groups in total. The van der Waals surface area contributed by atoms with Gasteiger partial charge in [-0.05, 0) is 31.0 Å². The van der Waals surface area contributed by atoms with Gasteiger partial charge >= 0.3 is 0 Å². The summed E-state index contributed by atoms with van der Waals surface area (Å²) in [7, 11) is 0. The molecule has 1 aliphatic rings. The first-order valence-electron chi connectivity index (χ1n) is 5.25. The Kier molecular flexibility index (Phi) is 3.44. The van der Waals surface area contributed by atoms with E-state index in [-0.39, 0.29) is 5.54 Å². The van der Waals surface area contributed by atoms with Gasteiger partial charge in [0, 0.05) is 16.6 Å². The molecule has 0 spiro atoms. The number of benzene rings is 1. The zero-order valence-electron chi connectivity index (χ0n) is 8.92. The molecule has 1 saturated heterocycles. The monoisotopic (exact) mass is 269 g/mol. The molecule has 1 aromatic rings. The van der Waals surface area contributed by atoms with Crippen molar-refractivity contribution in [1.82, 2.24) is 5.32 Å². The molecule has 0 amide bonds. The quantitative estimate of drug-likeness (QED) is 0.890. The Morgan fingerprint density at radius 2 is 2.13 bits per heavy atom. The maximum Gasteiger partial charge on any atom is 0.0649 e. The third-order valence-corrected chi connectivity index (χ3v) is 3.26. The highest BCUT2D eigenvalue weighted by Crippen LogP contribution is 2.18. The summed E-state index contributed by atoms with van der Waals surface area (Å²) in [5, 5.41) is 3.52. The molecule has 0 aromatic heterocycles. The van der Waals surface area contributed by atoms with Crippen molar-refractivity contribution in [1.29, 1.82) is 0 Å². The fraction of sp³-hybridized carbons (Fsp3) is 0.500. The first-order valence-corrected chi connectivity index (χ1v) is 6.04. The van der Waals surface area contributed by atoms with Gasteiger partial charge in [0.2, 0.25) is 0 Å². The Morgan fingerprint density at radius 1 is 1.40 bits per heavy atom. The number of hydrogen-bond acceptors (Lipinski definition) is 2. The van der Waals surface area contributed by atoms with E-state index in [1.807, 2.05) is 0 Å². The van der Waals surface area contributed by atoms with Gasteiger partial charge in [0.25, 0.3) is 0 Å². The average molecular weight is 270 g/mol. The maximum atomic E-state index is 5.51. The summed E-state index contributed by atoms with van der Waals surface area (Å²) in [5.74, 6) is 0. The predicted molar refractivity (Wildman–Crippen MR) is 65.1 cm³/mol. The van der Waals surface area contributed by atoms with Crippen LogP contribution in [-0.2, 0) is 11.2 Å². The maximum absolute atomic E-state index is 5.51. The molecule has 2 nitrogen and oxygen atoms in total. The molecule has 15 heavy (non-hydrogen) atoms. The number of nitrogens with one attached hydrogen (secondary N) is 1. The van der Waals surface area contributed by atoms with Gasteiger partial charge in [0.15, 0.2) is 0 Å². The van der Waals surface area contributed by atoms with E-state index in [0.717, 1.165) is 30.7 Å². The van der Waals surface area contributed by atoms with Crippen LogP contribution in [0, 0.1) is 0 Å². The van der Waals surface area contributed by atoms with Gasteiger partial charge in [-0.25, -0.2) is 0 Å². The van der Waals surface area contributed by atoms with Gasteiger partial charge in [-0.15, -0.1) is 0 Å². The third-order valence-electron chi connectivity index (χ3n) is 2.73. The minimum atomic E-state index is 0.0894. The van der Waals surface area contributed by atoms with Crippen LogP contribution in [0.25, 0.3) is 0 Å². The van der Waals surface area contributed by atoms with Crippen molar-refractivity contribution in [2.24, 2.45) is 0 Å². The summed E-state index contributed by atoms with van der Waals surface area (Å²) in [5.41, 5.74) is 1.44. The van der Waals surface area contributed by atoms with Crippen LogP contribution in [0.1, 0.15) is 12.5 Å². The van der Waals surface area contributed by atoms with Gasteiger partial charge in [0.05, 0.1) is 13.2 Å². The minimum absolute atomic E-state index is 0.0894. The average Bonchev–Trinajstić information content (AvgIpc) is 2.22. The molecule has 1 fully saturated rings. The second kappa shape index (κ2) is 4.64. The van der Waals surface area contributed by atoms with Crippen LogP contribution in [0.2, 0.25) is 0 Å². The van der Waals surface area contributed by atoms with Gasteiger partial charge in [-0.3, -0.25) is 0 Å². The van der Waals surface area contributed by atoms with Gasteiger partial charge in [-0.2, -0.15) is 0 Å². The molecule has 1 atom stereocenters. The van der Waals surface area contributed by atoms with Crippen LogP contribution < -0.4 is 5.32 Å². The highest BCUT2D eigenvalue weighted by atomic mass is 79.9. The number of hydrogen-bond donors (Lipinski definition) is 1. The fourth-order valence-electron chi connectivity index (χ4n) is 1.94. The molecule has 2 rings (SSSR count). The Bertz CT molecular complexity index is 317. The van der Waals surface area contributed by atoms with Crippen LogP contribution in [0.15, 0.2) is 28.7 Å². The predicted octanol–water partition coefficient (Wildman–Crippen LogP) is 2.37. The summed E-state index contributed by atoms with van der Waals surface area (Å²) in [4.78, 5) is 0. The van der Waals surface area contributed by atoms with Crippen LogP contribution >= 0.6 is 15.9 Å². The van der Waals surface area contributed by atoms with E-state index in [2.05, 4.69) is 52.4 Å². The molecule has 0 bridgehead atoms. The summed E-state index contributed by atoms with van der Waals surface area (Å²) in [6.07, 6.45) is 1.01. The molecule has 1 aromatic carbocycles. The van der Waals surface area contributed by atoms with E-state index in [4.69, 9.17) is 4.74 Å². The molecule has 3 heteroatoms. The standard InChI is InChI=1S/C12H16BrNO/c1-12(9-15-7-6-14-12)8-10-2-4-11(13)5-3-10/h2-5,14H,6-9H2,1H3. The lowest BCUT2D eigenvalue weighted by Crippen LogP contribution is -2.53. The van der Waals surface area contributed by atoms with Crippen LogP contribution in [0.5, 0.6) is 0 Å². The molecular formula is C12H16BrNO. The van der Waals surface area contributed by atoms with Crippen molar-refractivity contribution in [2.45, 2.75) is 18.9 Å². The molecule has 1 unspecified atom stereocenters. The van der Waals surface area contributed by atoms with Crippen molar-refractivity contribution in [3.63, 3.8) is 0 Å². The largest absolute Gasteiger partial charge is 0.378 e. The van der Waals surface area contributed by atoms with E-state index in [1.165, 1.54) is 5.56 Å². The number of morpholine rings is 1. The van der Waals surface area contributed by atoms with Crippen LogP contribution in [0.3, 0.4) is 0 Å². The van der Waals surface area contributed by atoms with Crippen molar-refractivity contribution in [3.05, 3.63) is 34.3 Å². The molecule has 0 radical (unpaired) electrons. The number of rotatable bonds is 2. The highest BCUT2D eigenvalue weighted by molar-refractivity contribution is 9.10. The lowest BCUT2D eigenvalue weighted by molar-refractivity contribution is 0.0356. The van der Waals surface area contributed by atoms with E-state index in [9.17, 15) is 0 Å². The summed E-state index contributed by atoms with van der Waals surface area (Å²) in [6, 6.07) is 8.49. The first-order chi connectivity index (χ1) is 7.18. The SMILES string of the molecule is CC1(Cc2ccc(Br)cc2)COCCN1. The Morgan fingerprint density at radius 3 is 2.73 bits per heavy atom.